The number of nitrogens with one attached hydrogen (secondary N) is 2. The Morgan fingerprint density at radius 3 is 1.69 bits per heavy atom. The number of hydrogen-bond donors (Lipinski definition) is 3. The quantitative estimate of drug-likeness (QED) is 0.452. The predicted molar refractivity (Wildman–Crippen MR) is 124 cm³/mol. The summed E-state index contributed by atoms with van der Waals surface area (Å²) in [5.41, 5.74) is 0.939. The van der Waals surface area contributed by atoms with Crippen molar-refractivity contribution in [2.45, 2.75) is 12.5 Å². The van der Waals surface area contributed by atoms with Crippen LogP contribution < -0.4 is 10.6 Å². The molecule has 0 fully saturated rings. The van der Waals surface area contributed by atoms with E-state index < -0.39 is 23.8 Å². The average Bonchev–Trinajstić information content (AvgIpc) is 2.81. The molecule has 0 bridgehead atoms. The number of hydrogen-bond acceptors (Lipinski definition) is 7. The fourth-order valence-electron chi connectivity index (χ4n) is 2.48. The van der Waals surface area contributed by atoms with E-state index in [4.69, 9.17) is 0 Å². The number of carbonyl (C=O) groups is 5. The van der Waals surface area contributed by atoms with E-state index in [0.717, 1.165) is 23.5 Å². The molecule has 0 heterocycles. The summed E-state index contributed by atoms with van der Waals surface area (Å²) in [5, 5.41) is 13.6. The van der Waals surface area contributed by atoms with Crippen molar-refractivity contribution < 1.29 is 29.1 Å². The number of carboxylic acid groups (broad SMARTS) is 1. The van der Waals surface area contributed by atoms with Gasteiger partial charge in [-0.05, 0) is 6.42 Å². The lowest BCUT2D eigenvalue weighted by Crippen LogP contribution is -2.44. The molecule has 2 amide bonds. The highest BCUT2D eigenvalue weighted by molar-refractivity contribution is 8.14. The van der Waals surface area contributed by atoms with E-state index in [2.05, 4.69) is 10.6 Å². The summed E-state index contributed by atoms with van der Waals surface area (Å²) < 4.78 is 0. The molecular formula is C22H22N2O6S2. The predicted octanol–water partition coefficient (Wildman–Crippen LogP) is 2.21. The molecule has 2 rings (SSSR count). The van der Waals surface area contributed by atoms with Gasteiger partial charge in [-0.25, -0.2) is 4.79 Å². The maximum atomic E-state index is 12.0. The largest absolute Gasteiger partial charge is 0.480 e. The van der Waals surface area contributed by atoms with E-state index in [9.17, 15) is 29.1 Å². The van der Waals surface area contributed by atoms with E-state index in [1.54, 1.807) is 60.7 Å². The summed E-state index contributed by atoms with van der Waals surface area (Å²) in [6.45, 7) is 0.00621. The SMILES string of the molecule is O=C(CSC(=O)c1ccccc1)NCCC(NC(=O)CSC(=O)c1ccccc1)C(=O)O. The molecular weight excluding hydrogens is 452 g/mol. The third-order valence-electron chi connectivity index (χ3n) is 4.08. The van der Waals surface area contributed by atoms with E-state index in [-0.39, 0.29) is 34.7 Å². The standard InChI is InChI=1S/C22H22N2O6S2/c25-18(13-31-21(29)15-7-3-1-4-8-15)23-12-11-17(20(27)28)24-19(26)14-32-22(30)16-9-5-2-6-10-16/h1-10,17H,11-14H2,(H,23,25)(H,24,26)(H,27,28). The molecule has 0 saturated heterocycles. The first-order valence-electron chi connectivity index (χ1n) is 9.60. The first kappa shape index (κ1) is 25.2. The highest BCUT2D eigenvalue weighted by atomic mass is 32.2. The molecule has 3 N–H and O–H groups in total. The zero-order valence-electron chi connectivity index (χ0n) is 17.0. The molecule has 0 radical (unpaired) electrons. The van der Waals surface area contributed by atoms with Gasteiger partial charge < -0.3 is 15.7 Å². The van der Waals surface area contributed by atoms with Crippen molar-refractivity contribution >= 4 is 51.5 Å². The van der Waals surface area contributed by atoms with E-state index in [0.29, 0.717) is 11.1 Å². The number of carboxylic acids is 1. The van der Waals surface area contributed by atoms with Gasteiger partial charge in [0.05, 0.1) is 11.5 Å². The van der Waals surface area contributed by atoms with Crippen molar-refractivity contribution in [3.8, 4) is 0 Å². The number of thioether (sulfide) groups is 2. The molecule has 1 atom stereocenters. The average molecular weight is 475 g/mol. The van der Waals surface area contributed by atoms with Crippen LogP contribution in [0.4, 0.5) is 0 Å². The van der Waals surface area contributed by atoms with Crippen molar-refractivity contribution in [1.82, 2.24) is 10.6 Å². The Morgan fingerprint density at radius 2 is 1.22 bits per heavy atom. The van der Waals surface area contributed by atoms with Crippen LogP contribution in [0, 0.1) is 0 Å². The van der Waals surface area contributed by atoms with E-state index in [1.165, 1.54) is 0 Å². The van der Waals surface area contributed by atoms with Crippen molar-refractivity contribution in [2.24, 2.45) is 0 Å². The minimum absolute atomic E-state index is 0.00621. The molecule has 2 aromatic carbocycles. The van der Waals surface area contributed by atoms with Gasteiger partial charge in [-0.3, -0.25) is 19.2 Å². The second kappa shape index (κ2) is 13.3. The summed E-state index contributed by atoms with van der Waals surface area (Å²) in [7, 11) is 0. The minimum atomic E-state index is -1.25. The minimum Gasteiger partial charge on any atom is -0.480 e. The molecule has 32 heavy (non-hydrogen) atoms. The topological polar surface area (TPSA) is 130 Å². The Bertz CT molecular complexity index is 953. The van der Waals surface area contributed by atoms with Gasteiger partial charge in [-0.1, -0.05) is 84.2 Å². The molecule has 0 saturated carbocycles. The second-order valence-corrected chi connectivity index (χ2v) is 8.38. The van der Waals surface area contributed by atoms with Crippen LogP contribution in [-0.2, 0) is 14.4 Å². The highest BCUT2D eigenvalue weighted by Gasteiger charge is 2.21. The fourth-order valence-corrected chi connectivity index (χ4v) is 3.79. The molecule has 8 nitrogen and oxygen atoms in total. The maximum absolute atomic E-state index is 12.0. The van der Waals surface area contributed by atoms with Gasteiger partial charge in [0.15, 0.2) is 0 Å². The molecule has 1 unspecified atom stereocenters. The third-order valence-corrected chi connectivity index (χ3v) is 5.89. The molecule has 168 valence electrons. The first-order chi connectivity index (χ1) is 15.4. The monoisotopic (exact) mass is 474 g/mol. The van der Waals surface area contributed by atoms with Gasteiger partial charge in [0.2, 0.25) is 22.0 Å². The normalized spacial score (nSPS) is 11.2. The van der Waals surface area contributed by atoms with E-state index >= 15 is 0 Å². The second-order valence-electron chi connectivity index (χ2n) is 6.48. The fraction of sp³-hybridized carbons (Fsp3) is 0.227. The zero-order valence-corrected chi connectivity index (χ0v) is 18.6. The number of benzene rings is 2. The smallest absolute Gasteiger partial charge is 0.326 e. The van der Waals surface area contributed by atoms with Crippen molar-refractivity contribution in [1.29, 1.82) is 0 Å². The van der Waals surface area contributed by atoms with Crippen molar-refractivity contribution in [2.75, 3.05) is 18.1 Å². The molecule has 0 aromatic heterocycles. The summed E-state index contributed by atoms with van der Waals surface area (Å²) in [4.78, 5) is 59.3. The van der Waals surface area contributed by atoms with Gasteiger partial charge in [-0.2, -0.15) is 0 Å². The summed E-state index contributed by atoms with van der Waals surface area (Å²) in [6.07, 6.45) is -0.0403. The van der Waals surface area contributed by atoms with Crippen LogP contribution in [0.2, 0.25) is 0 Å². The molecule has 0 aliphatic heterocycles. The van der Waals surface area contributed by atoms with Crippen molar-refractivity contribution in [3.05, 3.63) is 71.8 Å². The lowest BCUT2D eigenvalue weighted by molar-refractivity contribution is -0.141. The zero-order chi connectivity index (χ0) is 23.3. The van der Waals surface area contributed by atoms with Crippen molar-refractivity contribution in [3.63, 3.8) is 0 Å². The molecule has 10 heteroatoms. The van der Waals surface area contributed by atoms with Crippen LogP contribution >= 0.6 is 23.5 Å². The Labute approximate surface area is 193 Å². The summed E-state index contributed by atoms with van der Waals surface area (Å²) in [5.74, 6) is -2.58. The summed E-state index contributed by atoms with van der Waals surface area (Å²) in [6, 6.07) is 15.8. The molecule has 0 aliphatic carbocycles. The van der Waals surface area contributed by atoms with E-state index in [1.807, 2.05) is 0 Å². The Hall–Kier alpha value is -3.11. The Kier molecular flexibility index (Phi) is 10.5. The van der Waals surface area contributed by atoms with Crippen LogP contribution in [-0.4, -0.2) is 57.2 Å². The summed E-state index contributed by atoms with van der Waals surface area (Å²) >= 11 is 1.63. The number of rotatable bonds is 11. The van der Waals surface area contributed by atoms with Gasteiger partial charge in [0.1, 0.15) is 6.04 Å². The molecule has 2 aromatic rings. The Balaban J connectivity index is 1.69. The van der Waals surface area contributed by atoms with Crippen LogP contribution in [0.5, 0.6) is 0 Å². The van der Waals surface area contributed by atoms with Crippen LogP contribution in [0.3, 0.4) is 0 Å². The lowest BCUT2D eigenvalue weighted by atomic mass is 10.2. The van der Waals surface area contributed by atoms with Gasteiger partial charge >= 0.3 is 5.97 Å². The van der Waals surface area contributed by atoms with Crippen LogP contribution in [0.25, 0.3) is 0 Å². The Morgan fingerprint density at radius 1 is 0.750 bits per heavy atom. The van der Waals surface area contributed by atoms with Gasteiger partial charge in [0.25, 0.3) is 0 Å². The first-order valence-corrected chi connectivity index (χ1v) is 11.6. The lowest BCUT2D eigenvalue weighted by Gasteiger charge is -2.14. The van der Waals surface area contributed by atoms with Crippen LogP contribution in [0.15, 0.2) is 60.7 Å². The highest BCUT2D eigenvalue weighted by Crippen LogP contribution is 2.12. The molecule has 0 aliphatic rings. The van der Waals surface area contributed by atoms with Gasteiger partial charge in [-0.15, -0.1) is 0 Å². The van der Waals surface area contributed by atoms with Crippen LogP contribution in [0.1, 0.15) is 27.1 Å². The number of amides is 2. The third kappa shape index (κ3) is 8.94. The number of aliphatic carboxylic acids is 1. The molecule has 0 spiro atoms. The van der Waals surface area contributed by atoms with Gasteiger partial charge in [0, 0.05) is 17.7 Å². The number of carbonyl (C=O) groups excluding carboxylic acids is 4. The maximum Gasteiger partial charge on any atom is 0.326 e.